The molecule has 2 heterocycles. The van der Waals surface area contributed by atoms with E-state index in [9.17, 15) is 18.0 Å². The number of hydrogen-bond acceptors (Lipinski definition) is 7. The van der Waals surface area contributed by atoms with E-state index in [-0.39, 0.29) is 16.1 Å². The first-order valence-electron chi connectivity index (χ1n) is 9.64. The zero-order chi connectivity index (χ0) is 22.6. The van der Waals surface area contributed by atoms with Gasteiger partial charge in [-0.25, -0.2) is 13.2 Å². The summed E-state index contributed by atoms with van der Waals surface area (Å²) in [5.74, 6) is -0.655. The zero-order valence-electron chi connectivity index (χ0n) is 17.4. The third-order valence-electron chi connectivity index (χ3n) is 4.60. The molecule has 31 heavy (non-hydrogen) atoms. The summed E-state index contributed by atoms with van der Waals surface area (Å²) in [6, 6.07) is 9.09. The Morgan fingerprint density at radius 3 is 2.58 bits per heavy atom. The summed E-state index contributed by atoms with van der Waals surface area (Å²) in [6.45, 7) is 5.41. The molecule has 2 aromatic heterocycles. The number of hydrogen-bond donors (Lipinski definition) is 1. The minimum Gasteiger partial charge on any atom is -0.452 e. The van der Waals surface area contributed by atoms with Crippen molar-refractivity contribution in [1.82, 2.24) is 18.9 Å². The van der Waals surface area contributed by atoms with Crippen molar-refractivity contribution in [1.29, 1.82) is 0 Å². The standard InChI is InChI=1S/C20H23N5O5S/c1-4-24(5-2)31(28,29)17-8-6-7-16(11-17)21-19(26)13-30-20(27)15-9-10-18-23-22-14(3)25(18)12-15/h6-12H,4-5,13H2,1-3H3,(H,21,26). The number of carbonyl (C=O) groups excluding carboxylic acids is 2. The molecule has 11 heteroatoms. The van der Waals surface area contributed by atoms with Crippen molar-refractivity contribution < 1.29 is 22.7 Å². The fourth-order valence-corrected chi connectivity index (χ4v) is 4.49. The molecule has 0 saturated heterocycles. The molecule has 0 unspecified atom stereocenters. The molecule has 1 aromatic carbocycles. The third kappa shape index (κ3) is 4.89. The number of nitrogens with one attached hydrogen (secondary N) is 1. The van der Waals surface area contributed by atoms with Crippen LogP contribution in [0.25, 0.3) is 5.65 Å². The number of sulfonamides is 1. The molecule has 0 aliphatic rings. The zero-order valence-corrected chi connectivity index (χ0v) is 18.2. The maximum atomic E-state index is 12.6. The van der Waals surface area contributed by atoms with E-state index >= 15 is 0 Å². The second-order valence-corrected chi connectivity index (χ2v) is 8.57. The number of amides is 1. The van der Waals surface area contributed by atoms with Gasteiger partial charge in [0.2, 0.25) is 10.0 Å². The third-order valence-corrected chi connectivity index (χ3v) is 6.65. The highest BCUT2D eigenvalue weighted by molar-refractivity contribution is 7.89. The number of fused-ring (bicyclic) bond motifs is 1. The molecule has 3 rings (SSSR count). The Labute approximate surface area is 179 Å². The Kier molecular flexibility index (Phi) is 6.66. The summed E-state index contributed by atoms with van der Waals surface area (Å²) in [5, 5.41) is 10.4. The topological polar surface area (TPSA) is 123 Å². The van der Waals surface area contributed by atoms with Gasteiger partial charge in [0.25, 0.3) is 5.91 Å². The molecular formula is C20H23N5O5S. The van der Waals surface area contributed by atoms with Crippen molar-refractivity contribution in [3.05, 3.63) is 54.0 Å². The number of nitrogens with zero attached hydrogens (tertiary/aromatic N) is 4. The monoisotopic (exact) mass is 445 g/mol. The number of carbonyl (C=O) groups is 2. The SMILES string of the molecule is CCN(CC)S(=O)(=O)c1cccc(NC(=O)COC(=O)c2ccc3nnc(C)n3c2)c1. The smallest absolute Gasteiger partial charge is 0.340 e. The Morgan fingerprint density at radius 1 is 1.13 bits per heavy atom. The number of rotatable bonds is 8. The van der Waals surface area contributed by atoms with Crippen LogP contribution >= 0.6 is 0 Å². The van der Waals surface area contributed by atoms with Crippen LogP contribution in [0.4, 0.5) is 5.69 Å². The number of anilines is 1. The lowest BCUT2D eigenvalue weighted by atomic mass is 10.3. The molecule has 0 radical (unpaired) electrons. The summed E-state index contributed by atoms with van der Waals surface area (Å²) >= 11 is 0. The highest BCUT2D eigenvalue weighted by atomic mass is 32.2. The molecule has 1 amide bonds. The minimum atomic E-state index is -3.65. The van der Waals surface area contributed by atoms with E-state index in [1.165, 1.54) is 34.8 Å². The number of ether oxygens (including phenoxy) is 1. The van der Waals surface area contributed by atoms with E-state index in [0.717, 1.165) is 0 Å². The summed E-state index contributed by atoms with van der Waals surface area (Å²) in [4.78, 5) is 24.5. The molecule has 0 saturated carbocycles. The minimum absolute atomic E-state index is 0.0728. The van der Waals surface area contributed by atoms with E-state index in [4.69, 9.17) is 4.74 Å². The Balaban J connectivity index is 1.64. The van der Waals surface area contributed by atoms with Crippen LogP contribution in [-0.2, 0) is 19.6 Å². The fourth-order valence-electron chi connectivity index (χ4n) is 2.98. The fraction of sp³-hybridized carbons (Fsp3) is 0.300. The predicted octanol–water partition coefficient (Wildman–Crippen LogP) is 1.86. The van der Waals surface area contributed by atoms with Crippen molar-refractivity contribution in [3.63, 3.8) is 0 Å². The van der Waals surface area contributed by atoms with E-state index in [0.29, 0.717) is 24.6 Å². The first kappa shape index (κ1) is 22.4. The second kappa shape index (κ2) is 9.23. The highest BCUT2D eigenvalue weighted by Gasteiger charge is 2.22. The van der Waals surface area contributed by atoms with Crippen LogP contribution in [0, 0.1) is 6.92 Å². The maximum absolute atomic E-state index is 12.6. The molecule has 0 spiro atoms. The summed E-state index contributed by atoms with van der Waals surface area (Å²) in [6.07, 6.45) is 1.53. The van der Waals surface area contributed by atoms with Gasteiger partial charge < -0.3 is 10.1 Å². The van der Waals surface area contributed by atoms with Crippen LogP contribution in [0.2, 0.25) is 0 Å². The van der Waals surface area contributed by atoms with Crippen LogP contribution in [0.15, 0.2) is 47.5 Å². The van der Waals surface area contributed by atoms with Crippen molar-refractivity contribution in [2.75, 3.05) is 25.0 Å². The first-order chi connectivity index (χ1) is 14.8. The van der Waals surface area contributed by atoms with Gasteiger partial charge in [-0.15, -0.1) is 10.2 Å². The number of pyridine rings is 1. The first-order valence-corrected chi connectivity index (χ1v) is 11.1. The van der Waals surface area contributed by atoms with Crippen LogP contribution in [-0.4, -0.2) is 58.9 Å². The molecular weight excluding hydrogens is 422 g/mol. The van der Waals surface area contributed by atoms with Gasteiger partial charge in [0.05, 0.1) is 10.5 Å². The molecule has 3 aromatic rings. The van der Waals surface area contributed by atoms with Gasteiger partial charge in [0.1, 0.15) is 5.82 Å². The van der Waals surface area contributed by atoms with Crippen molar-refractivity contribution in [2.45, 2.75) is 25.7 Å². The Hall–Kier alpha value is -3.31. The van der Waals surface area contributed by atoms with Gasteiger partial charge in [-0.3, -0.25) is 9.20 Å². The lowest BCUT2D eigenvalue weighted by molar-refractivity contribution is -0.119. The van der Waals surface area contributed by atoms with Gasteiger partial charge in [-0.2, -0.15) is 4.31 Å². The van der Waals surface area contributed by atoms with E-state index in [2.05, 4.69) is 15.5 Å². The maximum Gasteiger partial charge on any atom is 0.340 e. The van der Waals surface area contributed by atoms with Gasteiger partial charge in [-0.1, -0.05) is 19.9 Å². The quantitative estimate of drug-likeness (QED) is 0.525. The largest absolute Gasteiger partial charge is 0.452 e. The summed E-state index contributed by atoms with van der Waals surface area (Å²) in [7, 11) is -3.65. The second-order valence-electron chi connectivity index (χ2n) is 6.63. The van der Waals surface area contributed by atoms with Crippen LogP contribution in [0.1, 0.15) is 30.0 Å². The molecule has 164 valence electrons. The lowest BCUT2D eigenvalue weighted by Crippen LogP contribution is -2.30. The Bertz CT molecular complexity index is 1220. The van der Waals surface area contributed by atoms with Crippen LogP contribution < -0.4 is 5.32 Å². The lowest BCUT2D eigenvalue weighted by Gasteiger charge is -2.18. The van der Waals surface area contributed by atoms with E-state index < -0.39 is 28.5 Å². The average Bonchev–Trinajstić information content (AvgIpc) is 3.13. The molecule has 10 nitrogen and oxygen atoms in total. The molecule has 0 aliphatic heterocycles. The van der Waals surface area contributed by atoms with Crippen molar-refractivity contribution in [3.8, 4) is 0 Å². The summed E-state index contributed by atoms with van der Waals surface area (Å²) < 4.78 is 33.3. The van der Waals surface area contributed by atoms with Crippen LogP contribution in [0.5, 0.6) is 0 Å². The number of benzene rings is 1. The molecule has 1 N–H and O–H groups in total. The normalized spacial score (nSPS) is 11.6. The van der Waals surface area contributed by atoms with E-state index in [1.807, 2.05) is 0 Å². The molecule has 0 aliphatic carbocycles. The Morgan fingerprint density at radius 2 is 1.87 bits per heavy atom. The predicted molar refractivity (Wildman–Crippen MR) is 113 cm³/mol. The molecule has 0 bridgehead atoms. The average molecular weight is 446 g/mol. The highest BCUT2D eigenvalue weighted by Crippen LogP contribution is 2.19. The van der Waals surface area contributed by atoms with Crippen molar-refractivity contribution >= 4 is 33.2 Å². The van der Waals surface area contributed by atoms with Crippen LogP contribution in [0.3, 0.4) is 0 Å². The number of aromatic nitrogens is 3. The number of esters is 1. The van der Waals surface area contributed by atoms with Gasteiger partial charge in [0.15, 0.2) is 12.3 Å². The van der Waals surface area contributed by atoms with E-state index in [1.54, 1.807) is 37.3 Å². The van der Waals surface area contributed by atoms with Gasteiger partial charge in [0, 0.05) is 25.0 Å². The van der Waals surface area contributed by atoms with Crippen molar-refractivity contribution in [2.24, 2.45) is 0 Å². The summed E-state index contributed by atoms with van der Waals surface area (Å²) in [5.41, 5.74) is 1.12. The van der Waals surface area contributed by atoms with Gasteiger partial charge in [-0.05, 0) is 37.3 Å². The number of aryl methyl sites for hydroxylation is 1. The van der Waals surface area contributed by atoms with Gasteiger partial charge >= 0.3 is 5.97 Å². The molecule has 0 atom stereocenters. The molecule has 0 fully saturated rings.